The molecule has 2 N–H and O–H groups in total. The first kappa shape index (κ1) is 12.5. The van der Waals surface area contributed by atoms with E-state index in [-0.39, 0.29) is 5.41 Å². The minimum Gasteiger partial charge on any atom is -0.508 e. The lowest BCUT2D eigenvalue weighted by molar-refractivity contribution is 0.440. The summed E-state index contributed by atoms with van der Waals surface area (Å²) in [7, 11) is 0. The Morgan fingerprint density at radius 1 is 0.857 bits per heavy atom. The Labute approximate surface area is 124 Å². The van der Waals surface area contributed by atoms with Crippen LogP contribution in [0.4, 0.5) is 0 Å². The van der Waals surface area contributed by atoms with Crippen molar-refractivity contribution in [1.29, 1.82) is 0 Å². The van der Waals surface area contributed by atoms with Crippen LogP contribution in [-0.4, -0.2) is 10.2 Å². The lowest BCUT2D eigenvalue weighted by atomic mass is 9.78. The van der Waals surface area contributed by atoms with Gasteiger partial charge in [0.2, 0.25) is 0 Å². The van der Waals surface area contributed by atoms with E-state index in [4.69, 9.17) is 0 Å². The number of allylic oxidation sites excluding steroid dienone is 2. The second-order valence-corrected chi connectivity index (χ2v) is 6.31. The second-order valence-electron chi connectivity index (χ2n) is 6.31. The number of rotatable bonds is 0. The van der Waals surface area contributed by atoms with Crippen LogP contribution in [0, 0.1) is 5.41 Å². The van der Waals surface area contributed by atoms with Crippen LogP contribution in [0.15, 0.2) is 42.5 Å². The van der Waals surface area contributed by atoms with E-state index in [1.807, 2.05) is 24.3 Å². The maximum Gasteiger partial charge on any atom is 0.116 e. The summed E-state index contributed by atoms with van der Waals surface area (Å²) in [6, 6.07) is 11.4. The van der Waals surface area contributed by atoms with Crippen molar-refractivity contribution < 1.29 is 10.2 Å². The van der Waals surface area contributed by atoms with E-state index in [1.54, 1.807) is 12.1 Å². The van der Waals surface area contributed by atoms with Crippen molar-refractivity contribution in [2.45, 2.75) is 26.2 Å². The summed E-state index contributed by atoms with van der Waals surface area (Å²) in [5, 5.41) is 19.5. The molecule has 0 saturated carbocycles. The molecule has 2 aromatic carbocycles. The molecule has 0 fully saturated rings. The molecular weight excluding hydrogens is 260 g/mol. The van der Waals surface area contributed by atoms with Gasteiger partial charge in [0.15, 0.2) is 0 Å². The molecule has 0 bridgehead atoms. The third kappa shape index (κ3) is 1.72. The molecule has 21 heavy (non-hydrogen) atoms. The maximum absolute atomic E-state index is 9.79. The molecule has 1 unspecified atom stereocenters. The molecule has 1 atom stereocenters. The number of fused-ring (bicyclic) bond motifs is 2. The van der Waals surface area contributed by atoms with Gasteiger partial charge in [-0.2, -0.15) is 0 Å². The highest BCUT2D eigenvalue weighted by molar-refractivity contribution is 5.79. The summed E-state index contributed by atoms with van der Waals surface area (Å²) in [4.78, 5) is 0. The number of benzene rings is 2. The molecule has 2 aliphatic rings. The molecule has 2 nitrogen and oxygen atoms in total. The highest BCUT2D eigenvalue weighted by Gasteiger charge is 2.45. The number of hydrogen-bond acceptors (Lipinski definition) is 2. The number of phenolic OH excluding ortho intramolecular Hbond substituents is 2. The van der Waals surface area contributed by atoms with Crippen molar-refractivity contribution in [3.05, 3.63) is 64.7 Å². The summed E-state index contributed by atoms with van der Waals surface area (Å²) in [5.74, 6) is 0.680. The molecule has 0 aliphatic heterocycles. The van der Waals surface area contributed by atoms with Crippen LogP contribution in [0.5, 0.6) is 11.5 Å². The Morgan fingerprint density at radius 3 is 2.24 bits per heavy atom. The van der Waals surface area contributed by atoms with E-state index in [2.05, 4.69) is 13.0 Å². The van der Waals surface area contributed by atoms with Crippen LogP contribution in [0.25, 0.3) is 5.57 Å². The fraction of sp³-hybridized carbons (Fsp3) is 0.263. The van der Waals surface area contributed by atoms with Crippen LogP contribution in [0.3, 0.4) is 0 Å². The maximum atomic E-state index is 9.79. The normalized spacial score (nSPS) is 24.5. The SMILES string of the molecule is CC=C1c2cc(O)ccc2CC12Cc1ccc(O)cc1C2. The first-order valence-corrected chi connectivity index (χ1v) is 7.41. The Morgan fingerprint density at radius 2 is 1.48 bits per heavy atom. The summed E-state index contributed by atoms with van der Waals surface area (Å²) in [6.07, 6.45) is 5.18. The zero-order valence-corrected chi connectivity index (χ0v) is 12.1. The lowest BCUT2D eigenvalue weighted by Gasteiger charge is -2.25. The van der Waals surface area contributed by atoms with E-state index in [9.17, 15) is 10.2 Å². The largest absolute Gasteiger partial charge is 0.508 e. The minimum atomic E-state index is 0.0982. The molecule has 2 aromatic rings. The molecule has 106 valence electrons. The van der Waals surface area contributed by atoms with Gasteiger partial charge in [-0.25, -0.2) is 0 Å². The summed E-state index contributed by atoms with van der Waals surface area (Å²) in [5.41, 5.74) is 6.54. The second kappa shape index (κ2) is 4.14. The topological polar surface area (TPSA) is 40.5 Å². The molecule has 0 saturated heterocycles. The van der Waals surface area contributed by atoms with Crippen molar-refractivity contribution in [2.75, 3.05) is 0 Å². The Balaban J connectivity index is 1.82. The third-order valence-corrected chi connectivity index (χ3v) is 5.02. The molecule has 0 aromatic heterocycles. The molecule has 4 rings (SSSR count). The standard InChI is InChI=1S/C19H18O2/c1-2-18-17-8-16(21)6-4-13(17)10-19(18)9-12-3-5-15(20)7-14(12)11-19/h2-8,20-21H,9-11H2,1H3. The minimum absolute atomic E-state index is 0.0982. The van der Waals surface area contributed by atoms with Crippen LogP contribution in [-0.2, 0) is 19.3 Å². The molecule has 2 aliphatic carbocycles. The van der Waals surface area contributed by atoms with Crippen LogP contribution in [0.2, 0.25) is 0 Å². The predicted octanol–water partition coefficient (Wildman–Crippen LogP) is 3.84. The fourth-order valence-corrected chi connectivity index (χ4v) is 4.23. The van der Waals surface area contributed by atoms with Crippen LogP contribution >= 0.6 is 0 Å². The van der Waals surface area contributed by atoms with Crippen LogP contribution < -0.4 is 0 Å². The van der Waals surface area contributed by atoms with E-state index < -0.39 is 0 Å². The number of phenols is 2. The smallest absolute Gasteiger partial charge is 0.116 e. The summed E-state index contributed by atoms with van der Waals surface area (Å²) in [6.45, 7) is 2.08. The van der Waals surface area contributed by atoms with Gasteiger partial charge in [0.25, 0.3) is 0 Å². The van der Waals surface area contributed by atoms with Gasteiger partial charge < -0.3 is 10.2 Å². The fourth-order valence-electron chi connectivity index (χ4n) is 4.23. The van der Waals surface area contributed by atoms with E-state index in [1.165, 1.54) is 27.8 Å². The van der Waals surface area contributed by atoms with E-state index >= 15 is 0 Å². The van der Waals surface area contributed by atoms with Crippen molar-refractivity contribution in [3.63, 3.8) is 0 Å². The van der Waals surface area contributed by atoms with E-state index in [0.717, 1.165) is 19.3 Å². The van der Waals surface area contributed by atoms with E-state index in [0.29, 0.717) is 11.5 Å². The number of hydrogen-bond donors (Lipinski definition) is 2. The van der Waals surface area contributed by atoms with Gasteiger partial charge >= 0.3 is 0 Å². The summed E-state index contributed by atoms with van der Waals surface area (Å²) >= 11 is 0. The van der Waals surface area contributed by atoms with Gasteiger partial charge in [0.05, 0.1) is 0 Å². The van der Waals surface area contributed by atoms with Gasteiger partial charge in [-0.1, -0.05) is 18.2 Å². The molecular formula is C19H18O2. The van der Waals surface area contributed by atoms with Crippen molar-refractivity contribution in [3.8, 4) is 11.5 Å². The lowest BCUT2D eigenvalue weighted by Crippen LogP contribution is -2.20. The molecule has 0 amide bonds. The Hall–Kier alpha value is -2.22. The van der Waals surface area contributed by atoms with Crippen molar-refractivity contribution >= 4 is 5.57 Å². The molecule has 0 heterocycles. The first-order chi connectivity index (χ1) is 10.1. The van der Waals surface area contributed by atoms with Gasteiger partial charge in [0, 0.05) is 5.41 Å². The summed E-state index contributed by atoms with van der Waals surface area (Å²) < 4.78 is 0. The van der Waals surface area contributed by atoms with Gasteiger partial charge in [-0.3, -0.25) is 0 Å². The quantitative estimate of drug-likeness (QED) is 0.768. The highest BCUT2D eigenvalue weighted by Crippen LogP contribution is 2.55. The first-order valence-electron chi connectivity index (χ1n) is 7.41. The predicted molar refractivity (Wildman–Crippen MR) is 83.4 cm³/mol. The van der Waals surface area contributed by atoms with Crippen molar-refractivity contribution in [2.24, 2.45) is 5.41 Å². The zero-order chi connectivity index (χ0) is 14.6. The highest BCUT2D eigenvalue weighted by atomic mass is 16.3. The zero-order valence-electron chi connectivity index (χ0n) is 12.1. The average Bonchev–Trinajstić information content (AvgIpc) is 2.94. The average molecular weight is 278 g/mol. The Bertz CT molecular complexity index is 769. The number of aromatic hydroxyl groups is 2. The monoisotopic (exact) mass is 278 g/mol. The molecule has 2 heteroatoms. The third-order valence-electron chi connectivity index (χ3n) is 5.02. The van der Waals surface area contributed by atoms with Gasteiger partial charge in [-0.05, 0) is 78.3 Å². The molecule has 0 radical (unpaired) electrons. The Kier molecular flexibility index (Phi) is 2.47. The van der Waals surface area contributed by atoms with Crippen molar-refractivity contribution in [1.82, 2.24) is 0 Å². The van der Waals surface area contributed by atoms with Crippen LogP contribution in [0.1, 0.15) is 29.2 Å². The van der Waals surface area contributed by atoms with Gasteiger partial charge in [0.1, 0.15) is 11.5 Å². The molecule has 1 spiro atoms. The van der Waals surface area contributed by atoms with Gasteiger partial charge in [-0.15, -0.1) is 0 Å².